The number of pyridine rings is 1. The maximum absolute atomic E-state index is 13.9. The second-order valence-corrected chi connectivity index (χ2v) is 11.8. The van der Waals surface area contributed by atoms with Crippen LogP contribution in [0.5, 0.6) is 11.5 Å². The molecule has 0 saturated heterocycles. The Morgan fingerprint density at radius 1 is 0.951 bits per heavy atom. The van der Waals surface area contributed by atoms with Crippen LogP contribution in [0.1, 0.15) is 12.0 Å². The number of halogens is 2. The Kier molecular flexibility index (Phi) is 9.80. The molecule has 0 unspecified atom stereocenters. The van der Waals surface area contributed by atoms with E-state index in [-0.39, 0.29) is 21.4 Å². The summed E-state index contributed by atoms with van der Waals surface area (Å²) in [6, 6.07) is 16.7. The number of nitrogens with one attached hydrogen (secondary N) is 2. The summed E-state index contributed by atoms with van der Waals surface area (Å²) in [5, 5.41) is 7.91. The van der Waals surface area contributed by atoms with Crippen molar-refractivity contribution in [3.05, 3.63) is 82.5 Å². The third-order valence-electron chi connectivity index (χ3n) is 6.29. The van der Waals surface area contributed by atoms with Crippen molar-refractivity contribution in [2.45, 2.75) is 18.2 Å². The van der Waals surface area contributed by atoms with Crippen LogP contribution in [0.2, 0.25) is 10.0 Å². The Labute approximate surface area is 249 Å². The second kappa shape index (κ2) is 13.3. The molecule has 0 bridgehead atoms. The van der Waals surface area contributed by atoms with Gasteiger partial charge >= 0.3 is 0 Å². The fourth-order valence-corrected chi connectivity index (χ4v) is 6.31. The fourth-order valence-electron chi connectivity index (χ4n) is 4.23. The van der Waals surface area contributed by atoms with Gasteiger partial charge in [-0.05, 0) is 73.5 Å². The zero-order valence-electron chi connectivity index (χ0n) is 22.8. The van der Waals surface area contributed by atoms with E-state index in [4.69, 9.17) is 32.7 Å². The van der Waals surface area contributed by atoms with E-state index in [9.17, 15) is 13.2 Å². The van der Waals surface area contributed by atoms with E-state index >= 15 is 0 Å². The Morgan fingerprint density at radius 3 is 2.44 bits per heavy atom. The molecule has 41 heavy (non-hydrogen) atoms. The van der Waals surface area contributed by atoms with Crippen LogP contribution in [0.25, 0.3) is 10.9 Å². The topological polar surface area (TPSA) is 110 Å². The van der Waals surface area contributed by atoms with Crippen LogP contribution >= 0.6 is 23.2 Å². The van der Waals surface area contributed by atoms with Crippen LogP contribution in [-0.2, 0) is 14.8 Å². The van der Waals surface area contributed by atoms with Gasteiger partial charge in [-0.3, -0.25) is 14.1 Å². The first-order chi connectivity index (χ1) is 19.6. The highest BCUT2D eigenvalue weighted by molar-refractivity contribution is 7.93. The first kappa shape index (κ1) is 30.2. The number of hydrogen-bond donors (Lipinski definition) is 2. The number of amides is 1. The first-order valence-corrected chi connectivity index (χ1v) is 14.9. The molecule has 0 aliphatic rings. The first-order valence-electron chi connectivity index (χ1n) is 12.7. The van der Waals surface area contributed by atoms with Crippen LogP contribution in [0.15, 0.2) is 71.8 Å². The van der Waals surface area contributed by atoms with Gasteiger partial charge in [0.1, 0.15) is 22.9 Å². The molecule has 1 amide bonds. The number of fused-ring (bicyclic) bond motifs is 1. The highest BCUT2D eigenvalue weighted by Gasteiger charge is 2.30. The van der Waals surface area contributed by atoms with Crippen molar-refractivity contribution in [1.82, 2.24) is 10.3 Å². The number of benzene rings is 3. The summed E-state index contributed by atoms with van der Waals surface area (Å²) < 4.78 is 39.3. The van der Waals surface area contributed by atoms with E-state index in [1.807, 2.05) is 12.1 Å². The average molecular weight is 618 g/mol. The molecule has 1 aromatic heterocycles. The molecule has 12 heteroatoms. The van der Waals surface area contributed by atoms with E-state index in [1.54, 1.807) is 43.5 Å². The maximum Gasteiger partial charge on any atom is 0.268 e. The van der Waals surface area contributed by atoms with E-state index in [1.165, 1.54) is 32.4 Å². The van der Waals surface area contributed by atoms with Crippen molar-refractivity contribution in [2.75, 3.05) is 43.5 Å². The monoisotopic (exact) mass is 616 g/mol. The lowest BCUT2D eigenvalue weighted by atomic mass is 10.2. The SMILES string of the molecule is COc1ccc(N(CC(=O)NCCCNc2ccnc3cc(Cl)ccc23)S(=O)(=O)c2cc(C)ccc2OC)cc1Cl. The Hall–Kier alpha value is -3.73. The van der Waals surface area contributed by atoms with Gasteiger partial charge in [-0.2, -0.15) is 0 Å². The number of methoxy groups -OCH3 is 2. The summed E-state index contributed by atoms with van der Waals surface area (Å²) >= 11 is 12.4. The van der Waals surface area contributed by atoms with E-state index in [0.29, 0.717) is 30.3 Å². The molecule has 0 spiro atoms. The normalized spacial score (nSPS) is 11.2. The molecule has 1 heterocycles. The van der Waals surface area contributed by atoms with E-state index in [2.05, 4.69) is 15.6 Å². The van der Waals surface area contributed by atoms with Gasteiger partial charge in [-0.15, -0.1) is 0 Å². The van der Waals surface area contributed by atoms with Crippen LogP contribution < -0.4 is 24.4 Å². The van der Waals surface area contributed by atoms with Crippen LogP contribution in [-0.4, -0.2) is 53.2 Å². The summed E-state index contributed by atoms with van der Waals surface area (Å²) in [5.74, 6) is 0.0664. The molecule has 0 saturated carbocycles. The molecule has 9 nitrogen and oxygen atoms in total. The summed E-state index contributed by atoms with van der Waals surface area (Å²) in [6.07, 6.45) is 2.29. The van der Waals surface area contributed by atoms with Gasteiger partial charge in [0.15, 0.2) is 0 Å². The van der Waals surface area contributed by atoms with Gasteiger partial charge in [0.25, 0.3) is 10.0 Å². The van der Waals surface area contributed by atoms with Crippen LogP contribution in [0, 0.1) is 6.92 Å². The molecule has 4 rings (SSSR count). The number of hydrogen-bond acceptors (Lipinski definition) is 7. The Balaban J connectivity index is 1.47. The van der Waals surface area contributed by atoms with E-state index in [0.717, 1.165) is 26.5 Å². The number of rotatable bonds is 12. The van der Waals surface area contributed by atoms with Crippen molar-refractivity contribution in [3.63, 3.8) is 0 Å². The van der Waals surface area contributed by atoms with E-state index < -0.39 is 22.5 Å². The van der Waals surface area contributed by atoms with Gasteiger partial charge in [-0.25, -0.2) is 8.42 Å². The summed E-state index contributed by atoms with van der Waals surface area (Å²) in [7, 11) is -1.37. The number of carbonyl (C=O) groups is 1. The van der Waals surface area contributed by atoms with Crippen molar-refractivity contribution >= 4 is 61.4 Å². The number of aromatic nitrogens is 1. The zero-order chi connectivity index (χ0) is 29.6. The van der Waals surface area contributed by atoms with Gasteiger partial charge in [-0.1, -0.05) is 29.3 Å². The molecule has 0 atom stereocenters. The van der Waals surface area contributed by atoms with Gasteiger partial charge < -0.3 is 20.1 Å². The molecule has 3 aromatic carbocycles. The molecule has 0 fully saturated rings. The molecular formula is C29H30Cl2N4O5S. The largest absolute Gasteiger partial charge is 0.495 e. The third kappa shape index (κ3) is 7.13. The number of sulfonamides is 1. The lowest BCUT2D eigenvalue weighted by molar-refractivity contribution is -0.119. The summed E-state index contributed by atoms with van der Waals surface area (Å²) in [6.45, 7) is 2.20. The molecule has 0 aliphatic heterocycles. The minimum Gasteiger partial charge on any atom is -0.495 e. The minimum atomic E-state index is -4.23. The molecule has 2 N–H and O–H groups in total. The van der Waals surface area contributed by atoms with Crippen LogP contribution in [0.3, 0.4) is 0 Å². The number of anilines is 2. The predicted octanol–water partition coefficient (Wildman–Crippen LogP) is 5.68. The maximum atomic E-state index is 13.9. The summed E-state index contributed by atoms with van der Waals surface area (Å²) in [4.78, 5) is 17.3. The smallest absolute Gasteiger partial charge is 0.268 e. The Morgan fingerprint density at radius 2 is 1.71 bits per heavy atom. The quantitative estimate of drug-likeness (QED) is 0.197. The zero-order valence-corrected chi connectivity index (χ0v) is 25.1. The third-order valence-corrected chi connectivity index (χ3v) is 8.62. The standard InChI is InChI=1S/C29H30Cl2N4O5S/c1-19-5-9-27(40-3)28(15-19)41(37,38)35(21-7-10-26(39-2)23(31)17-21)18-29(36)34-13-4-12-32-24-11-14-33-25-16-20(30)6-8-22(24)25/h5-11,14-17H,4,12-13,18H2,1-3H3,(H,32,33)(H,34,36). The average Bonchev–Trinajstić information content (AvgIpc) is 2.95. The Bertz CT molecular complexity index is 1670. The van der Waals surface area contributed by atoms with Crippen molar-refractivity contribution < 1.29 is 22.7 Å². The van der Waals surface area contributed by atoms with Crippen molar-refractivity contribution in [3.8, 4) is 11.5 Å². The van der Waals surface area contributed by atoms with Crippen LogP contribution in [0.4, 0.5) is 11.4 Å². The molecule has 0 radical (unpaired) electrons. The molecule has 216 valence electrons. The fraction of sp³-hybridized carbons (Fsp3) is 0.241. The highest BCUT2D eigenvalue weighted by Crippen LogP contribution is 2.34. The number of aryl methyl sites for hydroxylation is 1. The summed E-state index contributed by atoms with van der Waals surface area (Å²) in [5.41, 5.74) is 2.61. The predicted molar refractivity (Wildman–Crippen MR) is 163 cm³/mol. The van der Waals surface area contributed by atoms with Gasteiger partial charge in [0.2, 0.25) is 5.91 Å². The number of carbonyl (C=O) groups excluding carboxylic acids is 1. The highest BCUT2D eigenvalue weighted by atomic mass is 35.5. The molecule has 0 aliphatic carbocycles. The lowest BCUT2D eigenvalue weighted by Crippen LogP contribution is -2.41. The number of ether oxygens (including phenoxy) is 2. The number of nitrogens with zero attached hydrogens (tertiary/aromatic N) is 2. The van der Waals surface area contributed by atoms with Gasteiger partial charge in [0.05, 0.1) is 30.4 Å². The van der Waals surface area contributed by atoms with Crippen molar-refractivity contribution in [1.29, 1.82) is 0 Å². The molecule has 4 aromatic rings. The van der Waals surface area contributed by atoms with Crippen molar-refractivity contribution in [2.24, 2.45) is 0 Å². The lowest BCUT2D eigenvalue weighted by Gasteiger charge is -2.25. The van der Waals surface area contributed by atoms with Gasteiger partial charge in [0, 0.05) is 35.4 Å². The molecular weight excluding hydrogens is 587 g/mol. The minimum absolute atomic E-state index is 0.0604. The second-order valence-electron chi connectivity index (χ2n) is 9.14.